The van der Waals surface area contributed by atoms with E-state index in [0.717, 1.165) is 26.0 Å². The fourth-order valence-electron chi connectivity index (χ4n) is 2.10. The van der Waals surface area contributed by atoms with Crippen molar-refractivity contribution in [2.75, 3.05) is 27.4 Å². The van der Waals surface area contributed by atoms with E-state index in [1.165, 1.54) is 7.11 Å². The van der Waals surface area contributed by atoms with Crippen LogP contribution in [0.25, 0.3) is 0 Å². The van der Waals surface area contributed by atoms with E-state index in [-0.39, 0.29) is 18.2 Å². The molecule has 0 saturated heterocycles. The van der Waals surface area contributed by atoms with Gasteiger partial charge in [-0.3, -0.25) is 4.79 Å². The normalized spacial score (nSPS) is 27.6. The molecule has 0 radical (unpaired) electrons. The number of methoxy groups -OCH3 is 2. The summed E-state index contributed by atoms with van der Waals surface area (Å²) in [5.41, 5.74) is 0. The summed E-state index contributed by atoms with van der Waals surface area (Å²) in [5.74, 6) is -0.157. The molecular formula is C12H23NO4. The molecule has 0 aromatic carbocycles. The highest BCUT2D eigenvalue weighted by molar-refractivity contribution is 5.69. The van der Waals surface area contributed by atoms with E-state index >= 15 is 0 Å². The lowest BCUT2D eigenvalue weighted by molar-refractivity contribution is -0.141. The molecule has 0 bridgehead atoms. The number of ether oxygens (including phenoxy) is 3. The molecule has 0 heterocycles. The molecule has 5 nitrogen and oxygen atoms in total. The fourth-order valence-corrected chi connectivity index (χ4v) is 2.10. The lowest BCUT2D eigenvalue weighted by Gasteiger charge is -2.43. The fraction of sp³-hybridized carbons (Fsp3) is 0.917. The summed E-state index contributed by atoms with van der Waals surface area (Å²) < 4.78 is 15.5. The molecule has 0 spiro atoms. The number of esters is 1. The SMILES string of the molecule is CCOC1CC(NCCCC(=O)OC)C1OC. The van der Waals surface area contributed by atoms with Crippen molar-refractivity contribution in [1.82, 2.24) is 5.32 Å². The highest BCUT2D eigenvalue weighted by Crippen LogP contribution is 2.26. The molecule has 5 heteroatoms. The minimum absolute atomic E-state index is 0.132. The van der Waals surface area contributed by atoms with Crippen LogP contribution in [0.3, 0.4) is 0 Å². The molecule has 3 unspecified atom stereocenters. The van der Waals surface area contributed by atoms with Crippen LogP contribution in [-0.4, -0.2) is 51.6 Å². The number of carbonyl (C=O) groups is 1. The Hall–Kier alpha value is -0.650. The van der Waals surface area contributed by atoms with E-state index in [0.29, 0.717) is 12.5 Å². The van der Waals surface area contributed by atoms with Crippen LogP contribution >= 0.6 is 0 Å². The molecule has 1 N–H and O–H groups in total. The summed E-state index contributed by atoms with van der Waals surface area (Å²) in [5, 5.41) is 3.38. The maximum absolute atomic E-state index is 10.9. The quantitative estimate of drug-likeness (QED) is 0.504. The van der Waals surface area contributed by atoms with Crippen molar-refractivity contribution in [3.05, 3.63) is 0 Å². The minimum Gasteiger partial charge on any atom is -0.469 e. The van der Waals surface area contributed by atoms with Gasteiger partial charge in [0.25, 0.3) is 0 Å². The maximum atomic E-state index is 10.9. The van der Waals surface area contributed by atoms with Gasteiger partial charge in [0, 0.05) is 26.2 Å². The van der Waals surface area contributed by atoms with Gasteiger partial charge in [0.2, 0.25) is 0 Å². The summed E-state index contributed by atoms with van der Waals surface area (Å²) in [6.45, 7) is 3.52. The first-order chi connectivity index (χ1) is 8.22. The Morgan fingerprint density at radius 1 is 1.41 bits per heavy atom. The third-order valence-corrected chi connectivity index (χ3v) is 3.09. The van der Waals surface area contributed by atoms with Gasteiger partial charge in [-0.25, -0.2) is 0 Å². The van der Waals surface area contributed by atoms with Gasteiger partial charge in [-0.15, -0.1) is 0 Å². The summed E-state index contributed by atoms with van der Waals surface area (Å²) in [7, 11) is 3.12. The van der Waals surface area contributed by atoms with E-state index in [1.807, 2.05) is 6.92 Å². The molecule has 100 valence electrons. The highest BCUT2D eigenvalue weighted by Gasteiger charge is 2.41. The molecule has 0 aromatic rings. The number of nitrogens with one attached hydrogen (secondary N) is 1. The average Bonchev–Trinajstić information content (AvgIpc) is 2.31. The molecule has 1 aliphatic carbocycles. The Labute approximate surface area is 103 Å². The lowest BCUT2D eigenvalue weighted by Crippen LogP contribution is -2.59. The summed E-state index contributed by atoms with van der Waals surface area (Å²) in [6.07, 6.45) is 2.57. The smallest absolute Gasteiger partial charge is 0.305 e. The number of carbonyl (C=O) groups excluding carboxylic acids is 1. The van der Waals surface area contributed by atoms with Crippen LogP contribution in [0.15, 0.2) is 0 Å². The summed E-state index contributed by atoms with van der Waals surface area (Å²) in [4.78, 5) is 10.9. The first kappa shape index (κ1) is 14.4. The molecule has 0 aromatic heterocycles. The molecule has 17 heavy (non-hydrogen) atoms. The highest BCUT2D eigenvalue weighted by atomic mass is 16.5. The van der Waals surface area contributed by atoms with E-state index < -0.39 is 0 Å². The molecule has 3 atom stereocenters. The van der Waals surface area contributed by atoms with Gasteiger partial charge in [0.1, 0.15) is 0 Å². The van der Waals surface area contributed by atoms with Crippen LogP contribution in [0.4, 0.5) is 0 Å². The maximum Gasteiger partial charge on any atom is 0.305 e. The molecule has 1 saturated carbocycles. The Balaban J connectivity index is 2.10. The monoisotopic (exact) mass is 245 g/mol. The second-order valence-corrected chi connectivity index (χ2v) is 4.17. The Morgan fingerprint density at radius 2 is 2.18 bits per heavy atom. The van der Waals surface area contributed by atoms with Gasteiger partial charge < -0.3 is 19.5 Å². The zero-order chi connectivity index (χ0) is 12.7. The van der Waals surface area contributed by atoms with Crippen molar-refractivity contribution in [3.8, 4) is 0 Å². The van der Waals surface area contributed by atoms with Crippen LogP contribution < -0.4 is 5.32 Å². The first-order valence-corrected chi connectivity index (χ1v) is 6.17. The van der Waals surface area contributed by atoms with Gasteiger partial charge in [0.05, 0.1) is 19.3 Å². The summed E-state index contributed by atoms with van der Waals surface area (Å²) in [6, 6.07) is 0.342. The minimum atomic E-state index is -0.157. The Bertz CT molecular complexity index is 235. The van der Waals surface area contributed by atoms with Crippen molar-refractivity contribution in [3.63, 3.8) is 0 Å². The van der Waals surface area contributed by atoms with Crippen molar-refractivity contribution in [1.29, 1.82) is 0 Å². The topological polar surface area (TPSA) is 56.8 Å². The van der Waals surface area contributed by atoms with Crippen molar-refractivity contribution < 1.29 is 19.0 Å². The van der Waals surface area contributed by atoms with Crippen LogP contribution in [0.2, 0.25) is 0 Å². The lowest BCUT2D eigenvalue weighted by atomic mass is 9.85. The van der Waals surface area contributed by atoms with Crippen molar-refractivity contribution >= 4 is 5.97 Å². The third kappa shape index (κ3) is 4.26. The summed E-state index contributed by atoms with van der Waals surface area (Å²) >= 11 is 0. The predicted molar refractivity (Wildman–Crippen MR) is 63.9 cm³/mol. The van der Waals surface area contributed by atoms with Crippen molar-refractivity contribution in [2.24, 2.45) is 0 Å². The zero-order valence-corrected chi connectivity index (χ0v) is 10.9. The molecule has 1 rings (SSSR count). The van der Waals surface area contributed by atoms with Crippen LogP contribution in [0.1, 0.15) is 26.2 Å². The third-order valence-electron chi connectivity index (χ3n) is 3.09. The van der Waals surface area contributed by atoms with Gasteiger partial charge in [-0.2, -0.15) is 0 Å². The van der Waals surface area contributed by atoms with E-state index in [9.17, 15) is 4.79 Å². The van der Waals surface area contributed by atoms with Gasteiger partial charge >= 0.3 is 5.97 Å². The molecule has 0 amide bonds. The van der Waals surface area contributed by atoms with Gasteiger partial charge in [-0.05, 0) is 26.3 Å². The Morgan fingerprint density at radius 3 is 2.76 bits per heavy atom. The first-order valence-electron chi connectivity index (χ1n) is 6.17. The van der Waals surface area contributed by atoms with E-state index in [1.54, 1.807) is 7.11 Å². The molecule has 1 aliphatic rings. The van der Waals surface area contributed by atoms with Crippen molar-refractivity contribution in [2.45, 2.75) is 44.4 Å². The van der Waals surface area contributed by atoms with Crippen LogP contribution in [-0.2, 0) is 19.0 Å². The van der Waals surface area contributed by atoms with Crippen LogP contribution in [0.5, 0.6) is 0 Å². The van der Waals surface area contributed by atoms with E-state index in [4.69, 9.17) is 9.47 Å². The average molecular weight is 245 g/mol. The van der Waals surface area contributed by atoms with Gasteiger partial charge in [-0.1, -0.05) is 0 Å². The molecule has 1 fully saturated rings. The molecule has 0 aliphatic heterocycles. The number of rotatable bonds is 8. The standard InChI is InChI=1S/C12H23NO4/c1-4-17-10-8-9(12(10)16-3)13-7-5-6-11(14)15-2/h9-10,12-13H,4-8H2,1-3H3. The van der Waals surface area contributed by atoms with E-state index in [2.05, 4.69) is 10.1 Å². The second-order valence-electron chi connectivity index (χ2n) is 4.17. The Kier molecular flexibility index (Phi) is 6.47. The second kappa shape index (κ2) is 7.63. The largest absolute Gasteiger partial charge is 0.469 e. The zero-order valence-electron chi connectivity index (χ0n) is 10.9. The number of hydrogen-bond donors (Lipinski definition) is 1. The van der Waals surface area contributed by atoms with Crippen LogP contribution in [0, 0.1) is 0 Å². The van der Waals surface area contributed by atoms with Gasteiger partial charge in [0.15, 0.2) is 0 Å². The predicted octanol–water partition coefficient (Wildman–Crippen LogP) is 0.722. The molecular weight excluding hydrogens is 222 g/mol. The number of hydrogen-bond acceptors (Lipinski definition) is 5.